The number of terminal acetylenes is 1. The molecule has 8 heteroatoms. The van der Waals surface area contributed by atoms with Gasteiger partial charge in [-0.2, -0.15) is 0 Å². The van der Waals surface area contributed by atoms with E-state index >= 15 is 0 Å². The van der Waals surface area contributed by atoms with Crippen molar-refractivity contribution in [3.05, 3.63) is 29.8 Å². The largest absolute Gasteiger partial charge is 0.497 e. The first-order chi connectivity index (χ1) is 14.0. The van der Waals surface area contributed by atoms with Crippen molar-refractivity contribution < 1.29 is 19.1 Å². The molecule has 3 N–H and O–H groups in total. The van der Waals surface area contributed by atoms with E-state index in [1.807, 2.05) is 0 Å². The van der Waals surface area contributed by atoms with E-state index < -0.39 is 0 Å². The van der Waals surface area contributed by atoms with Gasteiger partial charge < -0.3 is 20.7 Å². The highest BCUT2D eigenvalue weighted by molar-refractivity contribution is 5.94. The number of piperazine rings is 1. The lowest BCUT2D eigenvalue weighted by Crippen LogP contribution is -2.58. The molecule has 1 aromatic rings. The van der Waals surface area contributed by atoms with Crippen LogP contribution >= 0.6 is 0 Å². The number of rotatable bonds is 7. The van der Waals surface area contributed by atoms with E-state index in [1.165, 1.54) is 0 Å². The minimum atomic E-state index is -0.288. The third-order valence-corrected chi connectivity index (χ3v) is 5.40. The number of nitrogens with zero attached hydrogens (tertiary/aromatic N) is 1. The number of hydrogen-bond donors (Lipinski definition) is 3. The molecule has 2 heterocycles. The molecule has 0 unspecified atom stereocenters. The molecule has 154 valence electrons. The number of amides is 3. The van der Waals surface area contributed by atoms with E-state index in [-0.39, 0.29) is 42.4 Å². The molecule has 29 heavy (non-hydrogen) atoms. The highest BCUT2D eigenvalue weighted by Crippen LogP contribution is 2.26. The molecule has 3 amide bonds. The standard InChI is InChI=1S/C21H26N4O4/c1-3-10-22-19(26)9-6-16-12-23-21(28)18-11-15(13-25(16)18)24-20(27)14-4-7-17(29-2)8-5-14/h1,4-5,7-8,15-16,18H,6,9-13H2,2H3,(H,22,26)(H,23,28)(H,24,27)/t15-,16-,18+/m1/s1. The zero-order valence-corrected chi connectivity index (χ0v) is 16.4. The van der Waals surface area contributed by atoms with Crippen LogP contribution in [-0.2, 0) is 9.59 Å². The summed E-state index contributed by atoms with van der Waals surface area (Å²) in [4.78, 5) is 38.8. The number of hydrogen-bond acceptors (Lipinski definition) is 5. The van der Waals surface area contributed by atoms with Crippen LogP contribution in [0.5, 0.6) is 5.75 Å². The number of ether oxygens (including phenoxy) is 1. The highest BCUT2D eigenvalue weighted by Gasteiger charge is 2.43. The van der Waals surface area contributed by atoms with Gasteiger partial charge in [-0.05, 0) is 37.1 Å². The van der Waals surface area contributed by atoms with Gasteiger partial charge in [-0.25, -0.2) is 0 Å². The smallest absolute Gasteiger partial charge is 0.251 e. The van der Waals surface area contributed by atoms with E-state index in [1.54, 1.807) is 31.4 Å². The van der Waals surface area contributed by atoms with Crippen molar-refractivity contribution in [3.8, 4) is 18.1 Å². The summed E-state index contributed by atoms with van der Waals surface area (Å²) in [5.41, 5.74) is 0.543. The molecule has 1 aromatic carbocycles. The van der Waals surface area contributed by atoms with E-state index in [0.717, 1.165) is 0 Å². The first-order valence-corrected chi connectivity index (χ1v) is 9.70. The van der Waals surface area contributed by atoms with Crippen molar-refractivity contribution >= 4 is 17.7 Å². The van der Waals surface area contributed by atoms with Crippen molar-refractivity contribution in [2.45, 2.75) is 37.4 Å². The fraction of sp³-hybridized carbons (Fsp3) is 0.476. The zero-order chi connectivity index (χ0) is 20.8. The maximum absolute atomic E-state index is 12.5. The molecule has 2 fully saturated rings. The Balaban J connectivity index is 1.57. The monoisotopic (exact) mass is 398 g/mol. The lowest BCUT2D eigenvalue weighted by molar-refractivity contribution is -0.129. The fourth-order valence-electron chi connectivity index (χ4n) is 3.90. The average molecular weight is 398 g/mol. The molecule has 2 aliphatic heterocycles. The second kappa shape index (κ2) is 9.43. The molecule has 8 nitrogen and oxygen atoms in total. The van der Waals surface area contributed by atoms with Crippen LogP contribution in [0.3, 0.4) is 0 Å². The number of fused-ring (bicyclic) bond motifs is 1. The first kappa shape index (κ1) is 20.7. The zero-order valence-electron chi connectivity index (χ0n) is 16.4. The maximum Gasteiger partial charge on any atom is 0.251 e. The molecule has 0 bridgehead atoms. The van der Waals surface area contributed by atoms with E-state index in [2.05, 4.69) is 26.8 Å². The Kier molecular flexibility index (Phi) is 6.73. The Labute approximate surface area is 170 Å². The van der Waals surface area contributed by atoms with Gasteiger partial charge in [0.2, 0.25) is 11.8 Å². The van der Waals surface area contributed by atoms with Crippen LogP contribution in [0.4, 0.5) is 0 Å². The number of benzene rings is 1. The SMILES string of the molecule is C#CCNC(=O)CC[C@@H]1CNC(=O)[C@@H]2C[C@@H](NC(=O)c3ccc(OC)cc3)CN12. The maximum atomic E-state index is 12.5. The van der Waals surface area contributed by atoms with Gasteiger partial charge in [0.15, 0.2) is 0 Å². The van der Waals surface area contributed by atoms with E-state index in [4.69, 9.17) is 11.2 Å². The summed E-state index contributed by atoms with van der Waals surface area (Å²) < 4.78 is 5.11. The van der Waals surface area contributed by atoms with Gasteiger partial charge in [0, 0.05) is 37.2 Å². The van der Waals surface area contributed by atoms with E-state index in [0.29, 0.717) is 43.7 Å². The molecule has 0 aromatic heterocycles. The van der Waals surface area contributed by atoms with Gasteiger partial charge in [-0.15, -0.1) is 6.42 Å². The Hall–Kier alpha value is -3.05. The number of methoxy groups -OCH3 is 1. The summed E-state index contributed by atoms with van der Waals surface area (Å²) in [5, 5.41) is 8.59. The summed E-state index contributed by atoms with van der Waals surface area (Å²) in [5.74, 6) is 2.76. The number of carbonyl (C=O) groups is 3. The first-order valence-electron chi connectivity index (χ1n) is 9.70. The second-order valence-electron chi connectivity index (χ2n) is 7.27. The minimum Gasteiger partial charge on any atom is -0.497 e. The third-order valence-electron chi connectivity index (χ3n) is 5.40. The summed E-state index contributed by atoms with van der Waals surface area (Å²) in [7, 11) is 1.57. The molecule has 2 saturated heterocycles. The molecular formula is C21H26N4O4. The van der Waals surface area contributed by atoms with Crippen molar-refractivity contribution in [2.24, 2.45) is 0 Å². The predicted molar refractivity (Wildman–Crippen MR) is 107 cm³/mol. The van der Waals surface area contributed by atoms with Crippen LogP contribution in [0.2, 0.25) is 0 Å². The molecule has 3 atom stereocenters. The molecule has 0 aliphatic carbocycles. The Morgan fingerprint density at radius 3 is 2.79 bits per heavy atom. The topological polar surface area (TPSA) is 99.8 Å². The van der Waals surface area contributed by atoms with Crippen LogP contribution in [0.1, 0.15) is 29.6 Å². The van der Waals surface area contributed by atoms with Crippen LogP contribution in [0.25, 0.3) is 0 Å². The van der Waals surface area contributed by atoms with Gasteiger partial charge in [-0.3, -0.25) is 19.3 Å². The van der Waals surface area contributed by atoms with Crippen LogP contribution < -0.4 is 20.7 Å². The van der Waals surface area contributed by atoms with Gasteiger partial charge in [-0.1, -0.05) is 5.92 Å². The minimum absolute atomic E-state index is 0.0285. The lowest BCUT2D eigenvalue weighted by Gasteiger charge is -2.37. The van der Waals surface area contributed by atoms with Crippen LogP contribution in [0.15, 0.2) is 24.3 Å². The Bertz CT molecular complexity index is 802. The average Bonchev–Trinajstić information content (AvgIpc) is 3.16. The second-order valence-corrected chi connectivity index (χ2v) is 7.27. The molecule has 0 spiro atoms. The molecular weight excluding hydrogens is 372 g/mol. The summed E-state index contributed by atoms with van der Waals surface area (Å²) in [6.07, 6.45) is 6.66. The fourth-order valence-corrected chi connectivity index (χ4v) is 3.90. The third kappa shape index (κ3) is 5.06. The van der Waals surface area contributed by atoms with Crippen molar-refractivity contribution in [1.29, 1.82) is 0 Å². The summed E-state index contributed by atoms with van der Waals surface area (Å²) in [6.45, 7) is 1.29. The summed E-state index contributed by atoms with van der Waals surface area (Å²) in [6, 6.07) is 6.53. The van der Waals surface area contributed by atoms with Crippen molar-refractivity contribution in [1.82, 2.24) is 20.9 Å². The normalized spacial score (nSPS) is 23.4. The molecule has 3 rings (SSSR count). The van der Waals surface area contributed by atoms with Gasteiger partial charge >= 0.3 is 0 Å². The van der Waals surface area contributed by atoms with Crippen molar-refractivity contribution in [2.75, 3.05) is 26.7 Å². The molecule has 2 aliphatic rings. The molecule has 0 saturated carbocycles. The quantitative estimate of drug-likeness (QED) is 0.557. The van der Waals surface area contributed by atoms with Gasteiger partial charge in [0.25, 0.3) is 5.91 Å². The van der Waals surface area contributed by atoms with Gasteiger partial charge in [0.05, 0.1) is 19.7 Å². The number of nitrogens with one attached hydrogen (secondary N) is 3. The Morgan fingerprint density at radius 2 is 2.10 bits per heavy atom. The van der Waals surface area contributed by atoms with Crippen LogP contribution in [0, 0.1) is 12.3 Å². The van der Waals surface area contributed by atoms with Crippen LogP contribution in [-0.4, -0.2) is 67.5 Å². The van der Waals surface area contributed by atoms with Crippen molar-refractivity contribution in [3.63, 3.8) is 0 Å². The molecule has 0 radical (unpaired) electrons. The highest BCUT2D eigenvalue weighted by atomic mass is 16.5. The van der Waals surface area contributed by atoms with E-state index in [9.17, 15) is 14.4 Å². The summed E-state index contributed by atoms with van der Waals surface area (Å²) >= 11 is 0. The predicted octanol–water partition coefficient (Wildman–Crippen LogP) is -0.104. The Morgan fingerprint density at radius 1 is 1.34 bits per heavy atom. The number of carbonyl (C=O) groups excluding carboxylic acids is 3. The lowest BCUT2D eigenvalue weighted by atomic mass is 10.0. The van der Waals surface area contributed by atoms with Gasteiger partial charge in [0.1, 0.15) is 5.75 Å².